The van der Waals surface area contributed by atoms with Gasteiger partial charge >= 0.3 is 6.03 Å². The highest BCUT2D eigenvalue weighted by Crippen LogP contribution is 2.17. The summed E-state index contributed by atoms with van der Waals surface area (Å²) < 4.78 is 0. The van der Waals surface area contributed by atoms with Crippen molar-refractivity contribution < 1.29 is 4.79 Å². The molecule has 0 radical (unpaired) electrons. The molecular formula is C22H26ClN3O. The maximum atomic E-state index is 12.4. The van der Waals surface area contributed by atoms with Gasteiger partial charge in [0.15, 0.2) is 0 Å². The molecular weight excluding hydrogens is 358 g/mol. The van der Waals surface area contributed by atoms with Crippen LogP contribution in [0.15, 0.2) is 54.6 Å². The minimum atomic E-state index is -0.0219. The molecule has 1 heterocycles. The number of piperazine rings is 1. The van der Waals surface area contributed by atoms with Crippen molar-refractivity contribution in [1.29, 1.82) is 0 Å². The van der Waals surface area contributed by atoms with Crippen LogP contribution in [-0.2, 0) is 0 Å². The SMILES string of the molecule is C/C(=C\CN1CCN(C(=O)Nc2ccc(C)cc2)CC1)c1ccc(Cl)cc1. The first kappa shape index (κ1) is 19.5. The Morgan fingerprint density at radius 2 is 1.67 bits per heavy atom. The molecule has 0 aliphatic carbocycles. The third kappa shape index (κ3) is 5.59. The summed E-state index contributed by atoms with van der Waals surface area (Å²) in [6, 6.07) is 15.8. The number of rotatable bonds is 4. The van der Waals surface area contributed by atoms with E-state index in [2.05, 4.69) is 23.2 Å². The van der Waals surface area contributed by atoms with Gasteiger partial charge < -0.3 is 10.2 Å². The van der Waals surface area contributed by atoms with Crippen LogP contribution in [0.25, 0.3) is 5.57 Å². The monoisotopic (exact) mass is 383 g/mol. The van der Waals surface area contributed by atoms with Gasteiger partial charge in [0.25, 0.3) is 0 Å². The number of hydrogen-bond donors (Lipinski definition) is 1. The molecule has 0 unspecified atom stereocenters. The molecule has 2 aromatic carbocycles. The Morgan fingerprint density at radius 1 is 1.04 bits per heavy atom. The number of amides is 2. The Kier molecular flexibility index (Phi) is 6.54. The van der Waals surface area contributed by atoms with Gasteiger partial charge in [-0.05, 0) is 49.2 Å². The van der Waals surface area contributed by atoms with Crippen molar-refractivity contribution in [2.75, 3.05) is 38.0 Å². The molecule has 0 atom stereocenters. The highest BCUT2D eigenvalue weighted by molar-refractivity contribution is 6.30. The van der Waals surface area contributed by atoms with Crippen LogP contribution in [0.1, 0.15) is 18.1 Å². The van der Waals surface area contributed by atoms with Gasteiger partial charge in [-0.1, -0.05) is 47.5 Å². The quantitative estimate of drug-likeness (QED) is 0.814. The third-order valence-corrected chi connectivity index (χ3v) is 5.17. The van der Waals surface area contributed by atoms with Crippen LogP contribution >= 0.6 is 11.6 Å². The average molecular weight is 384 g/mol. The van der Waals surface area contributed by atoms with Gasteiger partial charge in [-0.2, -0.15) is 0 Å². The normalized spacial score (nSPS) is 15.7. The Morgan fingerprint density at radius 3 is 2.30 bits per heavy atom. The number of anilines is 1. The van der Waals surface area contributed by atoms with E-state index in [1.165, 1.54) is 16.7 Å². The number of benzene rings is 2. The summed E-state index contributed by atoms with van der Waals surface area (Å²) in [4.78, 5) is 16.7. The Bertz CT molecular complexity index is 791. The number of allylic oxidation sites excluding steroid dienone is 1. The number of carbonyl (C=O) groups excluding carboxylic acids is 1. The van der Waals surface area contributed by atoms with E-state index >= 15 is 0 Å². The molecule has 1 fully saturated rings. The maximum Gasteiger partial charge on any atom is 0.321 e. The van der Waals surface area contributed by atoms with E-state index < -0.39 is 0 Å². The Balaban J connectivity index is 1.47. The number of carbonyl (C=O) groups is 1. The van der Waals surface area contributed by atoms with Crippen molar-refractivity contribution in [2.24, 2.45) is 0 Å². The molecule has 142 valence electrons. The zero-order valence-electron chi connectivity index (χ0n) is 15.9. The van der Waals surface area contributed by atoms with E-state index in [9.17, 15) is 4.79 Å². The number of aryl methyl sites for hydroxylation is 1. The summed E-state index contributed by atoms with van der Waals surface area (Å²) in [5.74, 6) is 0. The first-order chi connectivity index (χ1) is 13.0. The fourth-order valence-electron chi connectivity index (χ4n) is 3.07. The smallest absolute Gasteiger partial charge is 0.321 e. The van der Waals surface area contributed by atoms with E-state index in [-0.39, 0.29) is 6.03 Å². The molecule has 1 aliphatic rings. The van der Waals surface area contributed by atoms with Crippen LogP contribution in [0, 0.1) is 6.92 Å². The molecule has 3 rings (SSSR count). The predicted molar refractivity (Wildman–Crippen MR) is 113 cm³/mol. The molecule has 1 N–H and O–H groups in total. The summed E-state index contributed by atoms with van der Waals surface area (Å²) in [6.07, 6.45) is 2.24. The summed E-state index contributed by atoms with van der Waals surface area (Å²) in [5, 5.41) is 3.73. The number of halogens is 1. The highest BCUT2D eigenvalue weighted by atomic mass is 35.5. The summed E-state index contributed by atoms with van der Waals surface area (Å²) >= 11 is 5.95. The topological polar surface area (TPSA) is 35.6 Å². The van der Waals surface area contributed by atoms with Crippen molar-refractivity contribution in [1.82, 2.24) is 9.80 Å². The van der Waals surface area contributed by atoms with Crippen LogP contribution in [0.3, 0.4) is 0 Å². The van der Waals surface area contributed by atoms with E-state index in [4.69, 9.17) is 11.6 Å². The van der Waals surface area contributed by atoms with Crippen molar-refractivity contribution in [3.8, 4) is 0 Å². The predicted octanol–water partition coefficient (Wildman–Crippen LogP) is 4.90. The molecule has 0 saturated carbocycles. The van der Waals surface area contributed by atoms with Gasteiger partial charge in [-0.25, -0.2) is 4.79 Å². The highest BCUT2D eigenvalue weighted by Gasteiger charge is 2.20. The first-order valence-electron chi connectivity index (χ1n) is 9.29. The largest absolute Gasteiger partial charge is 0.322 e. The minimum absolute atomic E-state index is 0.0219. The van der Waals surface area contributed by atoms with E-state index in [1.54, 1.807) is 0 Å². The first-order valence-corrected chi connectivity index (χ1v) is 9.67. The molecule has 1 aliphatic heterocycles. The van der Waals surface area contributed by atoms with E-state index in [0.29, 0.717) is 0 Å². The second-order valence-corrected chi connectivity index (χ2v) is 7.41. The third-order valence-electron chi connectivity index (χ3n) is 4.92. The number of nitrogens with one attached hydrogen (secondary N) is 1. The van der Waals surface area contributed by atoms with Gasteiger partial charge in [0.1, 0.15) is 0 Å². The number of urea groups is 1. The van der Waals surface area contributed by atoms with Gasteiger partial charge in [0, 0.05) is 43.4 Å². The zero-order valence-corrected chi connectivity index (χ0v) is 16.7. The molecule has 27 heavy (non-hydrogen) atoms. The van der Waals surface area contributed by atoms with Gasteiger partial charge in [0.05, 0.1) is 0 Å². The molecule has 4 nitrogen and oxygen atoms in total. The molecule has 0 aromatic heterocycles. The molecule has 0 spiro atoms. The second kappa shape index (κ2) is 9.07. The molecule has 2 amide bonds. The average Bonchev–Trinajstić information content (AvgIpc) is 2.69. The molecule has 1 saturated heterocycles. The molecule has 2 aromatic rings. The summed E-state index contributed by atoms with van der Waals surface area (Å²) in [5.41, 5.74) is 4.46. The van der Waals surface area contributed by atoms with Crippen LogP contribution in [0.2, 0.25) is 5.02 Å². The zero-order chi connectivity index (χ0) is 19.2. The van der Waals surface area contributed by atoms with Crippen LogP contribution in [0.5, 0.6) is 0 Å². The Hall–Kier alpha value is -2.30. The lowest BCUT2D eigenvalue weighted by atomic mass is 10.1. The van der Waals surface area contributed by atoms with Crippen molar-refractivity contribution in [3.63, 3.8) is 0 Å². The van der Waals surface area contributed by atoms with Crippen molar-refractivity contribution in [3.05, 3.63) is 70.8 Å². The van der Waals surface area contributed by atoms with Gasteiger partial charge in [-0.3, -0.25) is 4.90 Å². The fraction of sp³-hybridized carbons (Fsp3) is 0.318. The lowest BCUT2D eigenvalue weighted by Crippen LogP contribution is -2.49. The lowest BCUT2D eigenvalue weighted by molar-refractivity contribution is 0.156. The second-order valence-electron chi connectivity index (χ2n) is 6.98. The lowest BCUT2D eigenvalue weighted by Gasteiger charge is -2.34. The standard InChI is InChI=1S/C22H26ClN3O/c1-17-3-9-21(10-4-17)24-22(27)26-15-13-25(14-16-26)12-11-18(2)19-5-7-20(23)8-6-19/h3-11H,12-16H2,1-2H3,(H,24,27)/b18-11+. The van der Waals surface area contributed by atoms with Crippen molar-refractivity contribution in [2.45, 2.75) is 13.8 Å². The maximum absolute atomic E-state index is 12.4. The van der Waals surface area contributed by atoms with Crippen LogP contribution in [-0.4, -0.2) is 48.6 Å². The van der Waals surface area contributed by atoms with Crippen LogP contribution in [0.4, 0.5) is 10.5 Å². The molecule has 5 heteroatoms. The number of nitrogens with zero attached hydrogens (tertiary/aromatic N) is 2. The van der Waals surface area contributed by atoms with E-state index in [1.807, 2.05) is 60.4 Å². The summed E-state index contributed by atoms with van der Waals surface area (Å²) in [7, 11) is 0. The van der Waals surface area contributed by atoms with Crippen molar-refractivity contribution >= 4 is 28.9 Å². The van der Waals surface area contributed by atoms with Crippen LogP contribution < -0.4 is 5.32 Å². The Labute approximate surface area is 166 Å². The van der Waals surface area contributed by atoms with E-state index in [0.717, 1.165) is 43.4 Å². The fourth-order valence-corrected chi connectivity index (χ4v) is 3.20. The minimum Gasteiger partial charge on any atom is -0.322 e. The summed E-state index contributed by atoms with van der Waals surface area (Å²) in [6.45, 7) is 8.29. The van der Waals surface area contributed by atoms with Gasteiger partial charge in [0.2, 0.25) is 0 Å². The number of hydrogen-bond acceptors (Lipinski definition) is 2. The van der Waals surface area contributed by atoms with Gasteiger partial charge in [-0.15, -0.1) is 0 Å². The molecule has 0 bridgehead atoms.